The quantitative estimate of drug-likeness (QED) is 0.577. The van der Waals surface area contributed by atoms with Gasteiger partial charge in [-0.3, -0.25) is 19.7 Å². The second-order valence-electron chi connectivity index (χ2n) is 8.26. The molecule has 4 N–H and O–H groups in total. The van der Waals surface area contributed by atoms with Crippen LogP contribution in [0.1, 0.15) is 61.3 Å². The van der Waals surface area contributed by atoms with Gasteiger partial charge >= 0.3 is 11.8 Å². The van der Waals surface area contributed by atoms with Gasteiger partial charge in [0.1, 0.15) is 11.3 Å². The summed E-state index contributed by atoms with van der Waals surface area (Å²) in [6.45, 7) is 6.46. The molecule has 2 aromatic rings. The largest absolute Gasteiger partial charge is 0.444 e. The lowest BCUT2D eigenvalue weighted by Crippen LogP contribution is -2.42. The first-order valence-corrected chi connectivity index (χ1v) is 9.74. The smallest absolute Gasteiger partial charge is 0.410 e. The molecule has 162 valence electrons. The highest BCUT2D eigenvalue weighted by atomic mass is 16.6. The van der Waals surface area contributed by atoms with Crippen molar-refractivity contribution in [1.29, 1.82) is 0 Å². The predicted octanol–water partition coefficient (Wildman–Crippen LogP) is 0.831. The second kappa shape index (κ2) is 8.56. The number of hydrogen-bond donors (Lipinski definition) is 4. The zero-order chi connectivity index (χ0) is 21.9. The summed E-state index contributed by atoms with van der Waals surface area (Å²) in [4.78, 5) is 53.9. The number of carbonyl (C=O) groups excluding carboxylic acids is 2. The maximum absolute atomic E-state index is 12.6. The molecule has 11 heteroatoms. The zero-order valence-corrected chi connectivity index (χ0v) is 17.2. The average molecular weight is 418 g/mol. The fourth-order valence-corrected chi connectivity index (χ4v) is 3.39. The van der Waals surface area contributed by atoms with Crippen LogP contribution in [-0.2, 0) is 11.3 Å². The number of rotatable bonds is 4. The molecule has 1 aliphatic heterocycles. The molecule has 0 aromatic carbocycles. The standard InChI is InChI=1S/C19H26N6O5/c1-19(2,3)30-18(29)25-6-4-5-11(10-25)13-9-21-24-15(13)16(27)20-8-12-7-14(26)23-17(28)22-12/h7,9,11H,4-6,8,10H2,1-3H3,(H,20,27)(H,21,24)(H2,22,23,26,28). The number of hydrogen-bond acceptors (Lipinski definition) is 6. The molecule has 3 heterocycles. The molecule has 1 atom stereocenters. The van der Waals surface area contributed by atoms with Crippen molar-refractivity contribution in [3.05, 3.63) is 50.1 Å². The lowest BCUT2D eigenvalue weighted by atomic mass is 9.91. The maximum atomic E-state index is 12.6. The van der Waals surface area contributed by atoms with Gasteiger partial charge in [0.25, 0.3) is 11.5 Å². The minimum absolute atomic E-state index is 0.0227. The van der Waals surface area contributed by atoms with Crippen LogP contribution in [0.25, 0.3) is 0 Å². The van der Waals surface area contributed by atoms with Crippen LogP contribution in [0.3, 0.4) is 0 Å². The Morgan fingerprint density at radius 1 is 1.30 bits per heavy atom. The fourth-order valence-electron chi connectivity index (χ4n) is 3.39. The number of nitrogens with zero attached hydrogens (tertiary/aromatic N) is 2. The van der Waals surface area contributed by atoms with Crippen LogP contribution in [0.2, 0.25) is 0 Å². The first kappa shape index (κ1) is 21.3. The van der Waals surface area contributed by atoms with Gasteiger partial charge in [-0.05, 0) is 33.6 Å². The molecule has 1 saturated heterocycles. The molecule has 0 aliphatic carbocycles. The summed E-state index contributed by atoms with van der Waals surface area (Å²) in [7, 11) is 0. The zero-order valence-electron chi connectivity index (χ0n) is 17.2. The molecular formula is C19H26N6O5. The summed E-state index contributed by atoms with van der Waals surface area (Å²) in [6.07, 6.45) is 2.80. The van der Waals surface area contributed by atoms with Crippen molar-refractivity contribution in [3.8, 4) is 0 Å². The SMILES string of the molecule is CC(C)(C)OC(=O)N1CCCC(c2cn[nH]c2C(=O)NCc2cc(=O)[nH]c(=O)[nH]2)C1. The van der Waals surface area contributed by atoms with Crippen molar-refractivity contribution in [1.82, 2.24) is 30.4 Å². The normalized spacial score (nSPS) is 16.9. The number of aromatic nitrogens is 4. The van der Waals surface area contributed by atoms with Gasteiger partial charge in [-0.1, -0.05) is 0 Å². The number of ether oxygens (including phenoxy) is 1. The Morgan fingerprint density at radius 2 is 2.07 bits per heavy atom. The molecule has 30 heavy (non-hydrogen) atoms. The summed E-state index contributed by atoms with van der Waals surface area (Å²) < 4.78 is 5.45. The molecule has 0 spiro atoms. The van der Waals surface area contributed by atoms with Gasteiger partial charge in [0.05, 0.1) is 12.7 Å². The van der Waals surface area contributed by atoms with Crippen molar-refractivity contribution in [2.45, 2.75) is 51.7 Å². The van der Waals surface area contributed by atoms with Gasteiger partial charge in [0.15, 0.2) is 0 Å². The monoisotopic (exact) mass is 418 g/mol. The highest BCUT2D eigenvalue weighted by Crippen LogP contribution is 2.29. The maximum Gasteiger partial charge on any atom is 0.410 e. The molecule has 1 fully saturated rings. The summed E-state index contributed by atoms with van der Waals surface area (Å²) in [5, 5.41) is 9.37. The molecule has 11 nitrogen and oxygen atoms in total. The number of carbonyl (C=O) groups is 2. The molecule has 1 aliphatic rings. The molecule has 0 saturated carbocycles. The minimum Gasteiger partial charge on any atom is -0.444 e. The summed E-state index contributed by atoms with van der Waals surface area (Å²) in [5.41, 5.74) is -0.483. The third-order valence-electron chi connectivity index (χ3n) is 4.66. The lowest BCUT2D eigenvalue weighted by Gasteiger charge is -2.34. The first-order chi connectivity index (χ1) is 14.1. The van der Waals surface area contributed by atoms with Crippen LogP contribution in [0, 0.1) is 0 Å². The van der Waals surface area contributed by atoms with E-state index in [0.717, 1.165) is 12.8 Å². The number of nitrogens with one attached hydrogen (secondary N) is 4. The van der Waals surface area contributed by atoms with Crippen LogP contribution in [0.15, 0.2) is 21.9 Å². The third kappa shape index (κ3) is 5.37. The van der Waals surface area contributed by atoms with Gasteiger partial charge in [0.2, 0.25) is 0 Å². The molecular weight excluding hydrogens is 392 g/mol. The van der Waals surface area contributed by atoms with Crippen LogP contribution in [-0.4, -0.2) is 55.8 Å². The summed E-state index contributed by atoms with van der Waals surface area (Å²) in [6, 6.07) is 1.20. The van der Waals surface area contributed by atoms with E-state index in [4.69, 9.17) is 4.74 Å². The van der Waals surface area contributed by atoms with Gasteiger partial charge in [-0.25, -0.2) is 9.59 Å². The Kier molecular flexibility index (Phi) is 6.09. The Morgan fingerprint density at radius 3 is 2.77 bits per heavy atom. The predicted molar refractivity (Wildman–Crippen MR) is 107 cm³/mol. The number of aromatic amines is 3. The minimum atomic E-state index is -0.640. The number of amides is 2. The molecule has 0 radical (unpaired) electrons. The number of H-pyrrole nitrogens is 3. The Hall–Kier alpha value is -3.37. The van der Waals surface area contributed by atoms with Crippen molar-refractivity contribution in [3.63, 3.8) is 0 Å². The highest BCUT2D eigenvalue weighted by Gasteiger charge is 2.31. The van der Waals surface area contributed by atoms with E-state index in [1.807, 2.05) is 20.8 Å². The van der Waals surface area contributed by atoms with Gasteiger partial charge in [0, 0.05) is 36.3 Å². The fraction of sp³-hybridized carbons (Fsp3) is 0.526. The first-order valence-electron chi connectivity index (χ1n) is 9.74. The molecule has 0 bridgehead atoms. The Labute approximate surface area is 172 Å². The van der Waals surface area contributed by atoms with E-state index in [0.29, 0.717) is 24.3 Å². The third-order valence-corrected chi connectivity index (χ3v) is 4.66. The number of likely N-dealkylation sites (tertiary alicyclic amines) is 1. The lowest BCUT2D eigenvalue weighted by molar-refractivity contribution is 0.0198. The van der Waals surface area contributed by atoms with E-state index < -0.39 is 22.8 Å². The van der Waals surface area contributed by atoms with E-state index in [2.05, 4.69) is 25.5 Å². The van der Waals surface area contributed by atoms with E-state index in [9.17, 15) is 19.2 Å². The van der Waals surface area contributed by atoms with Crippen molar-refractivity contribution < 1.29 is 14.3 Å². The van der Waals surface area contributed by atoms with Gasteiger partial charge in [-0.15, -0.1) is 0 Å². The molecule has 3 rings (SSSR count). The van der Waals surface area contributed by atoms with E-state index in [1.165, 1.54) is 6.07 Å². The second-order valence-corrected chi connectivity index (χ2v) is 8.26. The van der Waals surface area contributed by atoms with Crippen molar-refractivity contribution >= 4 is 12.0 Å². The summed E-state index contributed by atoms with van der Waals surface area (Å²) in [5.74, 6) is -0.483. The average Bonchev–Trinajstić information content (AvgIpc) is 3.14. The van der Waals surface area contributed by atoms with Crippen LogP contribution in [0.4, 0.5) is 4.79 Å². The van der Waals surface area contributed by atoms with Gasteiger partial charge < -0.3 is 19.9 Å². The molecule has 2 aromatic heterocycles. The van der Waals surface area contributed by atoms with Crippen LogP contribution in [0.5, 0.6) is 0 Å². The van der Waals surface area contributed by atoms with Crippen molar-refractivity contribution in [2.75, 3.05) is 13.1 Å². The Balaban J connectivity index is 1.68. The van der Waals surface area contributed by atoms with Crippen LogP contribution >= 0.6 is 0 Å². The highest BCUT2D eigenvalue weighted by molar-refractivity contribution is 5.93. The van der Waals surface area contributed by atoms with Crippen molar-refractivity contribution in [2.24, 2.45) is 0 Å². The van der Waals surface area contributed by atoms with E-state index in [1.54, 1.807) is 11.1 Å². The van der Waals surface area contributed by atoms with Gasteiger partial charge in [-0.2, -0.15) is 5.10 Å². The molecule has 2 amide bonds. The van der Waals surface area contributed by atoms with Crippen LogP contribution < -0.4 is 16.6 Å². The summed E-state index contributed by atoms with van der Waals surface area (Å²) >= 11 is 0. The van der Waals surface area contributed by atoms with E-state index in [-0.39, 0.29) is 24.2 Å². The number of piperidine rings is 1. The van der Waals surface area contributed by atoms with E-state index >= 15 is 0 Å². The molecule has 1 unspecified atom stereocenters. The topological polar surface area (TPSA) is 153 Å². The Bertz CT molecular complexity index is 1000.